The normalized spacial score (nSPS) is 10.8. The van der Waals surface area contributed by atoms with E-state index in [2.05, 4.69) is 20.7 Å². The summed E-state index contributed by atoms with van der Waals surface area (Å²) in [7, 11) is 1.62. The molecule has 0 aliphatic rings. The highest BCUT2D eigenvalue weighted by atomic mass is 32.2. The van der Waals surface area contributed by atoms with E-state index in [4.69, 9.17) is 14.0 Å². The van der Waals surface area contributed by atoms with Gasteiger partial charge < -0.3 is 14.0 Å². The van der Waals surface area contributed by atoms with Crippen molar-refractivity contribution < 1.29 is 18.8 Å². The van der Waals surface area contributed by atoms with Crippen LogP contribution in [0.25, 0.3) is 17.1 Å². The van der Waals surface area contributed by atoms with E-state index < -0.39 is 0 Å². The minimum absolute atomic E-state index is 0.123. The van der Waals surface area contributed by atoms with Crippen molar-refractivity contribution in [1.29, 1.82) is 0 Å². The number of methoxy groups -OCH3 is 1. The quantitative estimate of drug-likeness (QED) is 0.364. The van der Waals surface area contributed by atoms with Crippen LogP contribution in [0.4, 0.5) is 5.88 Å². The second kappa shape index (κ2) is 10.2. The molecule has 2 aromatic carbocycles. The van der Waals surface area contributed by atoms with Crippen LogP contribution in [0.3, 0.4) is 0 Å². The van der Waals surface area contributed by atoms with Crippen molar-refractivity contribution in [3.05, 3.63) is 60.3 Å². The van der Waals surface area contributed by atoms with Crippen molar-refractivity contribution in [1.82, 2.24) is 19.9 Å². The van der Waals surface area contributed by atoms with Crippen molar-refractivity contribution in [3.8, 4) is 28.6 Å². The molecular formula is C23H23N5O4S. The number of hydrogen-bond acceptors (Lipinski definition) is 8. The number of thioether (sulfide) groups is 1. The van der Waals surface area contributed by atoms with Gasteiger partial charge >= 0.3 is 0 Å². The summed E-state index contributed by atoms with van der Waals surface area (Å²) in [4.78, 5) is 12.4. The van der Waals surface area contributed by atoms with E-state index >= 15 is 0 Å². The first-order chi connectivity index (χ1) is 16.1. The summed E-state index contributed by atoms with van der Waals surface area (Å²) < 4.78 is 17.8. The smallest absolute Gasteiger partial charge is 0.237 e. The van der Waals surface area contributed by atoms with E-state index in [1.165, 1.54) is 11.8 Å². The van der Waals surface area contributed by atoms with Gasteiger partial charge in [0.25, 0.3) is 0 Å². The summed E-state index contributed by atoms with van der Waals surface area (Å²) in [6.07, 6.45) is 0. The molecule has 33 heavy (non-hydrogen) atoms. The number of carbonyl (C=O) groups is 1. The Kier molecular flexibility index (Phi) is 6.94. The monoisotopic (exact) mass is 465 g/mol. The van der Waals surface area contributed by atoms with E-state index in [1.54, 1.807) is 20.1 Å². The van der Waals surface area contributed by atoms with E-state index in [-0.39, 0.29) is 11.7 Å². The summed E-state index contributed by atoms with van der Waals surface area (Å²) in [5.41, 5.74) is 2.41. The van der Waals surface area contributed by atoms with Gasteiger partial charge in [0.05, 0.1) is 25.2 Å². The minimum atomic E-state index is -0.233. The lowest BCUT2D eigenvalue weighted by molar-refractivity contribution is -0.113. The SMILES string of the molecule is CCOc1ccc(-n2c(SCC(=O)Nc3cc(C)no3)nnc2-c2ccc(OC)cc2)cc1. The Morgan fingerprint density at radius 3 is 2.45 bits per heavy atom. The number of aromatic nitrogens is 4. The van der Waals surface area contributed by atoms with E-state index in [0.29, 0.717) is 29.2 Å². The van der Waals surface area contributed by atoms with Gasteiger partial charge in [-0.1, -0.05) is 16.9 Å². The predicted molar refractivity (Wildman–Crippen MR) is 125 cm³/mol. The maximum atomic E-state index is 12.4. The van der Waals surface area contributed by atoms with E-state index in [0.717, 1.165) is 22.7 Å². The lowest BCUT2D eigenvalue weighted by Crippen LogP contribution is -2.14. The molecule has 0 fully saturated rings. The molecule has 0 aliphatic heterocycles. The third-order valence-electron chi connectivity index (χ3n) is 4.61. The largest absolute Gasteiger partial charge is 0.497 e. The molecule has 0 aliphatic carbocycles. The Hall–Kier alpha value is -3.79. The molecule has 0 atom stereocenters. The number of aryl methyl sites for hydroxylation is 1. The highest BCUT2D eigenvalue weighted by molar-refractivity contribution is 7.99. The van der Waals surface area contributed by atoms with Crippen molar-refractivity contribution >= 4 is 23.6 Å². The number of benzene rings is 2. The third kappa shape index (κ3) is 5.35. The highest BCUT2D eigenvalue weighted by Crippen LogP contribution is 2.30. The maximum absolute atomic E-state index is 12.4. The van der Waals surface area contributed by atoms with Gasteiger partial charge in [0.1, 0.15) is 11.5 Å². The predicted octanol–water partition coefficient (Wildman–Crippen LogP) is 4.37. The van der Waals surface area contributed by atoms with Crippen molar-refractivity contribution in [2.24, 2.45) is 0 Å². The second-order valence-electron chi connectivity index (χ2n) is 6.97. The Morgan fingerprint density at radius 1 is 1.09 bits per heavy atom. The van der Waals surface area contributed by atoms with Gasteiger partial charge in [-0.15, -0.1) is 10.2 Å². The fourth-order valence-corrected chi connectivity index (χ4v) is 3.86. The van der Waals surface area contributed by atoms with Crippen LogP contribution in [0.5, 0.6) is 11.5 Å². The van der Waals surface area contributed by atoms with Crippen LogP contribution in [-0.4, -0.2) is 45.3 Å². The fourth-order valence-electron chi connectivity index (χ4n) is 3.11. The van der Waals surface area contributed by atoms with Gasteiger partial charge in [-0.25, -0.2) is 0 Å². The summed E-state index contributed by atoms with van der Waals surface area (Å²) in [5.74, 6) is 2.37. The number of rotatable bonds is 9. The van der Waals surface area contributed by atoms with Crippen LogP contribution in [0, 0.1) is 6.92 Å². The van der Waals surface area contributed by atoms with Gasteiger partial charge in [0, 0.05) is 17.3 Å². The first kappa shape index (κ1) is 22.4. The molecule has 0 saturated carbocycles. The second-order valence-corrected chi connectivity index (χ2v) is 7.91. The number of hydrogen-bond donors (Lipinski definition) is 1. The number of nitrogens with zero attached hydrogens (tertiary/aromatic N) is 4. The Morgan fingerprint density at radius 2 is 1.82 bits per heavy atom. The summed E-state index contributed by atoms with van der Waals surface area (Å²) in [6.45, 7) is 4.31. The van der Waals surface area contributed by atoms with Crippen LogP contribution in [-0.2, 0) is 4.79 Å². The Balaban J connectivity index is 1.61. The lowest BCUT2D eigenvalue weighted by atomic mass is 10.2. The molecule has 4 aromatic rings. The number of nitrogens with one attached hydrogen (secondary N) is 1. The van der Waals surface area contributed by atoms with Crippen LogP contribution in [0.2, 0.25) is 0 Å². The van der Waals surface area contributed by atoms with Crippen LogP contribution in [0.1, 0.15) is 12.6 Å². The number of anilines is 1. The van der Waals surface area contributed by atoms with Crippen molar-refractivity contribution in [2.45, 2.75) is 19.0 Å². The third-order valence-corrected chi connectivity index (χ3v) is 5.54. The van der Waals surface area contributed by atoms with Gasteiger partial charge in [-0.3, -0.25) is 14.7 Å². The number of amides is 1. The molecule has 0 unspecified atom stereocenters. The molecule has 4 rings (SSSR count). The minimum Gasteiger partial charge on any atom is -0.497 e. The highest BCUT2D eigenvalue weighted by Gasteiger charge is 2.18. The lowest BCUT2D eigenvalue weighted by Gasteiger charge is -2.12. The standard InChI is InChI=1S/C23H23N5O4S/c1-4-31-19-11-7-17(8-12-19)28-22(16-5-9-18(30-3)10-6-16)25-26-23(28)33-14-20(29)24-21-13-15(2)27-32-21/h5-13H,4,14H2,1-3H3,(H,24,29). The van der Waals surface area contributed by atoms with E-state index in [9.17, 15) is 4.79 Å². The molecule has 170 valence electrons. The fraction of sp³-hybridized carbons (Fsp3) is 0.217. The van der Waals surface area contributed by atoms with Gasteiger partial charge in [0.2, 0.25) is 11.8 Å². The molecule has 1 amide bonds. The molecule has 10 heteroatoms. The maximum Gasteiger partial charge on any atom is 0.237 e. The van der Waals surface area contributed by atoms with Crippen LogP contribution < -0.4 is 14.8 Å². The molecule has 2 aromatic heterocycles. The topological polar surface area (TPSA) is 104 Å². The molecule has 1 N–H and O–H groups in total. The van der Waals surface area contributed by atoms with Crippen molar-refractivity contribution in [2.75, 3.05) is 24.8 Å². The number of carbonyl (C=O) groups excluding carboxylic acids is 1. The zero-order valence-electron chi connectivity index (χ0n) is 18.4. The van der Waals surface area contributed by atoms with Crippen LogP contribution in [0.15, 0.2) is 64.3 Å². The van der Waals surface area contributed by atoms with Crippen molar-refractivity contribution in [3.63, 3.8) is 0 Å². The average molecular weight is 466 g/mol. The van der Waals surface area contributed by atoms with E-state index in [1.807, 2.05) is 60.0 Å². The molecule has 0 radical (unpaired) electrons. The van der Waals surface area contributed by atoms with Crippen LogP contribution >= 0.6 is 11.8 Å². The van der Waals surface area contributed by atoms with Gasteiger partial charge in [-0.05, 0) is 62.4 Å². The Labute approximate surface area is 195 Å². The first-order valence-electron chi connectivity index (χ1n) is 10.3. The van der Waals surface area contributed by atoms with Gasteiger partial charge in [-0.2, -0.15) is 0 Å². The summed E-state index contributed by atoms with van der Waals surface area (Å²) in [6, 6.07) is 16.9. The molecule has 0 saturated heterocycles. The number of ether oxygens (including phenoxy) is 2. The first-order valence-corrected chi connectivity index (χ1v) is 11.2. The zero-order valence-corrected chi connectivity index (χ0v) is 19.3. The Bertz CT molecular complexity index is 1220. The van der Waals surface area contributed by atoms with Gasteiger partial charge in [0.15, 0.2) is 11.0 Å². The zero-order chi connectivity index (χ0) is 23.2. The summed E-state index contributed by atoms with van der Waals surface area (Å²) >= 11 is 1.27. The molecule has 9 nitrogen and oxygen atoms in total. The molecular weight excluding hydrogens is 442 g/mol. The molecule has 2 heterocycles. The summed E-state index contributed by atoms with van der Waals surface area (Å²) in [5, 5.41) is 15.8. The average Bonchev–Trinajstić information content (AvgIpc) is 3.44. The molecule has 0 spiro atoms. The molecule has 0 bridgehead atoms.